The lowest BCUT2D eigenvalue weighted by Gasteiger charge is -2.05. The summed E-state index contributed by atoms with van der Waals surface area (Å²) in [6.45, 7) is 2.13. The van der Waals surface area contributed by atoms with Crippen LogP contribution in [0.25, 0.3) is 5.69 Å². The van der Waals surface area contributed by atoms with Gasteiger partial charge in [0.15, 0.2) is 5.69 Å². The van der Waals surface area contributed by atoms with Crippen molar-refractivity contribution < 1.29 is 9.90 Å². The molecule has 100 valence electrons. The van der Waals surface area contributed by atoms with Crippen molar-refractivity contribution in [1.82, 2.24) is 15.1 Å². The maximum Gasteiger partial charge on any atom is 0.271 e. The summed E-state index contributed by atoms with van der Waals surface area (Å²) in [7, 11) is 0. The maximum absolute atomic E-state index is 11.8. The molecule has 2 aromatic rings. The fourth-order valence-electron chi connectivity index (χ4n) is 1.65. The van der Waals surface area contributed by atoms with Crippen molar-refractivity contribution in [2.75, 3.05) is 6.54 Å². The molecule has 0 aliphatic heterocycles. The lowest BCUT2D eigenvalue weighted by atomic mass is 10.3. The number of amides is 1. The minimum atomic E-state index is -0.415. The van der Waals surface area contributed by atoms with Gasteiger partial charge in [-0.3, -0.25) is 4.79 Å². The van der Waals surface area contributed by atoms with Crippen molar-refractivity contribution in [1.29, 1.82) is 0 Å². The Labute approximate surface area is 111 Å². The van der Waals surface area contributed by atoms with Crippen molar-refractivity contribution in [2.45, 2.75) is 19.4 Å². The van der Waals surface area contributed by atoms with Gasteiger partial charge in [-0.15, -0.1) is 0 Å². The van der Waals surface area contributed by atoms with Gasteiger partial charge in [0.05, 0.1) is 11.8 Å². The number of aliphatic hydroxyl groups excluding tert-OH is 1. The van der Waals surface area contributed by atoms with E-state index in [1.807, 2.05) is 30.3 Å². The van der Waals surface area contributed by atoms with Crippen molar-refractivity contribution in [3.8, 4) is 5.69 Å². The zero-order valence-corrected chi connectivity index (χ0v) is 10.8. The van der Waals surface area contributed by atoms with Gasteiger partial charge in [-0.2, -0.15) is 5.10 Å². The van der Waals surface area contributed by atoms with Gasteiger partial charge in [0.1, 0.15) is 0 Å². The molecule has 0 fully saturated rings. The molecule has 0 saturated carbocycles. The maximum atomic E-state index is 11.8. The minimum Gasteiger partial charge on any atom is -0.393 e. The summed E-state index contributed by atoms with van der Waals surface area (Å²) in [5.74, 6) is -0.227. The highest BCUT2D eigenvalue weighted by molar-refractivity contribution is 5.92. The molecule has 0 spiro atoms. The van der Waals surface area contributed by atoms with Crippen LogP contribution in [0.2, 0.25) is 0 Å². The Morgan fingerprint density at radius 1 is 1.37 bits per heavy atom. The Morgan fingerprint density at radius 3 is 2.79 bits per heavy atom. The van der Waals surface area contributed by atoms with E-state index < -0.39 is 6.10 Å². The lowest BCUT2D eigenvalue weighted by Crippen LogP contribution is -2.27. The summed E-state index contributed by atoms with van der Waals surface area (Å²) in [5.41, 5.74) is 1.28. The number of hydrogen-bond donors (Lipinski definition) is 2. The van der Waals surface area contributed by atoms with E-state index in [0.29, 0.717) is 18.7 Å². The SMILES string of the molecule is CC(O)CCNC(=O)c1ccn(-c2ccccc2)n1. The molecule has 1 amide bonds. The molecule has 5 nitrogen and oxygen atoms in total. The van der Waals surface area contributed by atoms with E-state index >= 15 is 0 Å². The first-order valence-electron chi connectivity index (χ1n) is 6.24. The van der Waals surface area contributed by atoms with E-state index in [1.54, 1.807) is 23.9 Å². The Balaban J connectivity index is 1.99. The van der Waals surface area contributed by atoms with E-state index in [0.717, 1.165) is 5.69 Å². The van der Waals surface area contributed by atoms with Gasteiger partial charge in [0.25, 0.3) is 5.91 Å². The number of hydrogen-bond acceptors (Lipinski definition) is 3. The quantitative estimate of drug-likeness (QED) is 0.852. The lowest BCUT2D eigenvalue weighted by molar-refractivity contribution is 0.0940. The molecule has 0 aliphatic rings. The molecule has 0 radical (unpaired) electrons. The Hall–Kier alpha value is -2.14. The normalized spacial score (nSPS) is 12.1. The Kier molecular flexibility index (Phi) is 4.30. The minimum absolute atomic E-state index is 0.227. The highest BCUT2D eigenvalue weighted by Crippen LogP contribution is 2.06. The number of carbonyl (C=O) groups excluding carboxylic acids is 1. The molecule has 1 aromatic heterocycles. The third kappa shape index (κ3) is 3.66. The molecule has 1 heterocycles. The molecule has 0 saturated heterocycles. The first kappa shape index (κ1) is 13.3. The van der Waals surface area contributed by atoms with Crippen LogP contribution in [0.3, 0.4) is 0 Å². The van der Waals surface area contributed by atoms with Crippen LogP contribution in [-0.2, 0) is 0 Å². The molecule has 0 aliphatic carbocycles. The monoisotopic (exact) mass is 259 g/mol. The summed E-state index contributed by atoms with van der Waals surface area (Å²) in [5, 5.41) is 16.1. The predicted octanol–water partition coefficient (Wildman–Crippen LogP) is 1.37. The van der Waals surface area contributed by atoms with Crippen LogP contribution >= 0.6 is 0 Å². The zero-order valence-electron chi connectivity index (χ0n) is 10.8. The Morgan fingerprint density at radius 2 is 2.11 bits per heavy atom. The average molecular weight is 259 g/mol. The van der Waals surface area contributed by atoms with Gasteiger partial charge in [-0.1, -0.05) is 18.2 Å². The molecule has 1 unspecified atom stereocenters. The van der Waals surface area contributed by atoms with Gasteiger partial charge in [-0.05, 0) is 31.5 Å². The number of aliphatic hydroxyl groups is 1. The van der Waals surface area contributed by atoms with E-state index in [1.165, 1.54) is 0 Å². The summed E-state index contributed by atoms with van der Waals surface area (Å²) in [4.78, 5) is 11.8. The molecule has 2 rings (SSSR count). The van der Waals surface area contributed by atoms with Crippen molar-refractivity contribution in [3.63, 3.8) is 0 Å². The third-order valence-corrected chi connectivity index (χ3v) is 2.69. The second kappa shape index (κ2) is 6.15. The molecule has 19 heavy (non-hydrogen) atoms. The third-order valence-electron chi connectivity index (χ3n) is 2.69. The number of nitrogens with one attached hydrogen (secondary N) is 1. The highest BCUT2D eigenvalue weighted by atomic mass is 16.3. The van der Waals surface area contributed by atoms with Crippen molar-refractivity contribution in [3.05, 3.63) is 48.3 Å². The molecule has 0 bridgehead atoms. The number of carbonyl (C=O) groups is 1. The van der Waals surface area contributed by atoms with Gasteiger partial charge in [0, 0.05) is 12.7 Å². The summed E-state index contributed by atoms with van der Waals surface area (Å²) in [6.07, 6.45) is 1.87. The number of para-hydroxylation sites is 1. The smallest absolute Gasteiger partial charge is 0.271 e. The molecule has 1 aromatic carbocycles. The van der Waals surface area contributed by atoms with Gasteiger partial charge in [0.2, 0.25) is 0 Å². The second-order valence-electron chi connectivity index (χ2n) is 4.37. The number of aromatic nitrogens is 2. The van der Waals surface area contributed by atoms with Crippen LogP contribution in [0.15, 0.2) is 42.6 Å². The molecule has 2 N–H and O–H groups in total. The van der Waals surface area contributed by atoms with E-state index in [2.05, 4.69) is 10.4 Å². The Bertz CT molecular complexity index is 535. The molecular formula is C14H17N3O2. The van der Waals surface area contributed by atoms with Crippen LogP contribution in [0.5, 0.6) is 0 Å². The fourth-order valence-corrected chi connectivity index (χ4v) is 1.65. The van der Waals surface area contributed by atoms with E-state index in [-0.39, 0.29) is 5.91 Å². The number of benzene rings is 1. The fraction of sp³-hybridized carbons (Fsp3) is 0.286. The summed E-state index contributed by atoms with van der Waals surface area (Å²) < 4.78 is 1.66. The summed E-state index contributed by atoms with van der Waals surface area (Å²) >= 11 is 0. The standard InChI is InChI=1S/C14H17N3O2/c1-11(18)7-9-15-14(19)13-8-10-17(16-13)12-5-3-2-4-6-12/h2-6,8,10-11,18H,7,9H2,1H3,(H,15,19). The highest BCUT2D eigenvalue weighted by Gasteiger charge is 2.09. The molecule has 1 atom stereocenters. The van der Waals surface area contributed by atoms with Crippen LogP contribution in [0, 0.1) is 0 Å². The second-order valence-corrected chi connectivity index (χ2v) is 4.37. The van der Waals surface area contributed by atoms with Crippen LogP contribution in [0.1, 0.15) is 23.8 Å². The first-order chi connectivity index (χ1) is 9.16. The zero-order chi connectivity index (χ0) is 13.7. The van der Waals surface area contributed by atoms with Crippen molar-refractivity contribution >= 4 is 5.91 Å². The molecular weight excluding hydrogens is 242 g/mol. The number of rotatable bonds is 5. The van der Waals surface area contributed by atoms with E-state index in [9.17, 15) is 4.79 Å². The largest absolute Gasteiger partial charge is 0.393 e. The summed E-state index contributed by atoms with van der Waals surface area (Å²) in [6, 6.07) is 11.3. The topological polar surface area (TPSA) is 67.2 Å². The molecule has 5 heteroatoms. The average Bonchev–Trinajstić information content (AvgIpc) is 2.89. The number of nitrogens with zero attached hydrogens (tertiary/aromatic N) is 2. The van der Waals surface area contributed by atoms with Crippen LogP contribution < -0.4 is 5.32 Å². The predicted molar refractivity (Wildman–Crippen MR) is 72.2 cm³/mol. The van der Waals surface area contributed by atoms with Crippen LogP contribution in [0.4, 0.5) is 0 Å². The van der Waals surface area contributed by atoms with Gasteiger partial charge < -0.3 is 10.4 Å². The van der Waals surface area contributed by atoms with Crippen molar-refractivity contribution in [2.24, 2.45) is 0 Å². The van der Waals surface area contributed by atoms with Crippen LogP contribution in [-0.4, -0.2) is 33.4 Å². The first-order valence-corrected chi connectivity index (χ1v) is 6.24. The van der Waals surface area contributed by atoms with Gasteiger partial charge >= 0.3 is 0 Å². The van der Waals surface area contributed by atoms with E-state index in [4.69, 9.17) is 5.11 Å². The van der Waals surface area contributed by atoms with Gasteiger partial charge in [-0.25, -0.2) is 4.68 Å².